The van der Waals surface area contributed by atoms with E-state index < -0.39 is 5.69 Å². The van der Waals surface area contributed by atoms with Gasteiger partial charge in [0.25, 0.3) is 5.56 Å². The molecule has 8 heteroatoms. The third-order valence-corrected chi connectivity index (χ3v) is 5.76. The number of nitrogens with zero attached hydrogens (tertiary/aromatic N) is 2. The maximum atomic E-state index is 12.4. The Hall–Kier alpha value is -2.74. The van der Waals surface area contributed by atoms with Crippen molar-refractivity contribution in [1.82, 2.24) is 14.7 Å². The lowest BCUT2D eigenvalue weighted by molar-refractivity contribution is 0.393. The number of nitrogens with one attached hydrogen (secondary N) is 2. The summed E-state index contributed by atoms with van der Waals surface area (Å²) in [7, 11) is 0. The lowest BCUT2D eigenvalue weighted by Crippen LogP contribution is -2.35. The highest BCUT2D eigenvalue weighted by Gasteiger charge is 2.11. The van der Waals surface area contributed by atoms with Crippen molar-refractivity contribution < 1.29 is 4.52 Å². The minimum atomic E-state index is -0.408. The standard InChI is InChI=1S/C20H22N4O3S/c1-13-9-17(23-27-13)12-28-8-7-24-19(25)11-18(22-20(24)26)21-16-6-5-14-3-2-4-15(14)10-16/h5-6,9-11,21H,2-4,7-8,12H2,1H3,(H,22,26). The molecule has 0 fully saturated rings. The lowest BCUT2D eigenvalue weighted by atomic mass is 10.1. The van der Waals surface area contributed by atoms with Crippen LogP contribution in [-0.2, 0) is 25.1 Å². The second-order valence-electron chi connectivity index (χ2n) is 6.92. The quantitative estimate of drug-likeness (QED) is 0.595. The van der Waals surface area contributed by atoms with Gasteiger partial charge in [-0.05, 0) is 49.4 Å². The van der Waals surface area contributed by atoms with Crippen LogP contribution >= 0.6 is 11.8 Å². The molecule has 0 saturated carbocycles. The van der Waals surface area contributed by atoms with Gasteiger partial charge in [-0.15, -0.1) is 0 Å². The van der Waals surface area contributed by atoms with Gasteiger partial charge in [0.05, 0.1) is 5.69 Å². The van der Waals surface area contributed by atoms with E-state index in [9.17, 15) is 9.59 Å². The first-order valence-corrected chi connectivity index (χ1v) is 10.5. The summed E-state index contributed by atoms with van der Waals surface area (Å²) in [6, 6.07) is 9.49. The summed E-state index contributed by atoms with van der Waals surface area (Å²) in [6.07, 6.45) is 3.38. The number of aromatic amines is 1. The van der Waals surface area contributed by atoms with E-state index in [1.807, 2.05) is 19.1 Å². The molecule has 3 aromatic rings. The monoisotopic (exact) mass is 398 g/mol. The van der Waals surface area contributed by atoms with Crippen molar-refractivity contribution in [3.05, 3.63) is 73.8 Å². The van der Waals surface area contributed by atoms with E-state index in [2.05, 4.69) is 27.6 Å². The maximum absolute atomic E-state index is 12.4. The number of rotatable bonds is 7. The molecule has 146 valence electrons. The molecule has 0 bridgehead atoms. The summed E-state index contributed by atoms with van der Waals surface area (Å²) >= 11 is 1.60. The Bertz CT molecular complexity index is 1070. The Morgan fingerprint density at radius 2 is 2.07 bits per heavy atom. The molecule has 28 heavy (non-hydrogen) atoms. The third-order valence-electron chi connectivity index (χ3n) is 4.78. The van der Waals surface area contributed by atoms with E-state index in [1.54, 1.807) is 11.8 Å². The van der Waals surface area contributed by atoms with E-state index in [0.29, 0.717) is 23.9 Å². The third kappa shape index (κ3) is 4.22. The van der Waals surface area contributed by atoms with Gasteiger partial charge in [-0.1, -0.05) is 11.2 Å². The number of thioether (sulfide) groups is 1. The molecule has 1 aliphatic rings. The van der Waals surface area contributed by atoms with E-state index in [0.717, 1.165) is 30.0 Å². The fourth-order valence-electron chi connectivity index (χ4n) is 3.42. The molecule has 1 aliphatic carbocycles. The van der Waals surface area contributed by atoms with Crippen LogP contribution in [-0.4, -0.2) is 20.5 Å². The minimum absolute atomic E-state index is 0.315. The van der Waals surface area contributed by atoms with Crippen molar-refractivity contribution in [2.24, 2.45) is 0 Å². The number of H-pyrrole nitrogens is 1. The number of anilines is 2. The van der Waals surface area contributed by atoms with Crippen LogP contribution in [0, 0.1) is 6.92 Å². The second kappa shape index (κ2) is 8.10. The summed E-state index contributed by atoms with van der Waals surface area (Å²) < 4.78 is 6.24. The molecular weight excluding hydrogens is 376 g/mol. The first-order chi connectivity index (χ1) is 13.6. The van der Waals surface area contributed by atoms with Crippen molar-refractivity contribution in [2.75, 3.05) is 11.1 Å². The number of fused-ring (bicyclic) bond motifs is 1. The SMILES string of the molecule is Cc1cc(CSCCn2c(=O)cc(Nc3ccc4c(c3)CCC4)[nH]c2=O)no1. The van der Waals surface area contributed by atoms with Crippen LogP contribution in [0.2, 0.25) is 0 Å². The second-order valence-corrected chi connectivity index (χ2v) is 8.03. The number of hydrogen-bond acceptors (Lipinski definition) is 6. The molecule has 0 saturated heterocycles. The number of aromatic nitrogens is 3. The molecule has 0 amide bonds. The summed E-state index contributed by atoms with van der Waals surface area (Å²) in [5, 5.41) is 7.07. The normalized spacial score (nSPS) is 12.9. The van der Waals surface area contributed by atoms with E-state index in [4.69, 9.17) is 4.52 Å². The molecule has 2 aromatic heterocycles. The van der Waals surface area contributed by atoms with Crippen molar-refractivity contribution in [1.29, 1.82) is 0 Å². The fourth-order valence-corrected chi connectivity index (χ4v) is 4.22. The molecule has 4 rings (SSSR count). The van der Waals surface area contributed by atoms with Gasteiger partial charge in [0.15, 0.2) is 0 Å². The van der Waals surface area contributed by atoms with Gasteiger partial charge in [0.1, 0.15) is 11.6 Å². The lowest BCUT2D eigenvalue weighted by Gasteiger charge is -2.10. The summed E-state index contributed by atoms with van der Waals surface area (Å²) in [5.74, 6) is 2.50. The molecule has 0 unspecified atom stereocenters. The maximum Gasteiger partial charge on any atom is 0.329 e. The van der Waals surface area contributed by atoms with Crippen LogP contribution in [0.5, 0.6) is 0 Å². The van der Waals surface area contributed by atoms with Crippen LogP contribution in [0.1, 0.15) is 29.0 Å². The summed E-state index contributed by atoms with van der Waals surface area (Å²) in [4.78, 5) is 27.5. The molecular formula is C20H22N4O3S. The Morgan fingerprint density at radius 3 is 2.86 bits per heavy atom. The molecule has 1 aromatic carbocycles. The van der Waals surface area contributed by atoms with Crippen LogP contribution in [0.15, 0.2) is 44.4 Å². The Balaban J connectivity index is 1.39. The fraction of sp³-hybridized carbons (Fsp3) is 0.350. The van der Waals surface area contributed by atoms with Crippen LogP contribution in [0.3, 0.4) is 0 Å². The average Bonchev–Trinajstić information content (AvgIpc) is 3.28. The average molecular weight is 398 g/mol. The van der Waals surface area contributed by atoms with Crippen molar-refractivity contribution in [3.63, 3.8) is 0 Å². The predicted octanol–water partition coefficient (Wildman–Crippen LogP) is 3.00. The zero-order valence-corrected chi connectivity index (χ0v) is 16.5. The van der Waals surface area contributed by atoms with Gasteiger partial charge in [-0.25, -0.2) is 4.79 Å². The molecule has 0 aliphatic heterocycles. The minimum Gasteiger partial charge on any atom is -0.361 e. The Labute approximate surface area is 166 Å². The highest BCUT2D eigenvalue weighted by Crippen LogP contribution is 2.25. The molecule has 2 N–H and O–H groups in total. The largest absolute Gasteiger partial charge is 0.361 e. The van der Waals surface area contributed by atoms with Gasteiger partial charge < -0.3 is 9.84 Å². The van der Waals surface area contributed by atoms with Gasteiger partial charge in [0, 0.05) is 35.9 Å². The predicted molar refractivity (Wildman–Crippen MR) is 110 cm³/mol. The van der Waals surface area contributed by atoms with Gasteiger partial charge in [-0.3, -0.25) is 14.3 Å². The Kier molecular flexibility index (Phi) is 5.38. The van der Waals surface area contributed by atoms with Gasteiger partial charge in [-0.2, -0.15) is 11.8 Å². The molecule has 0 radical (unpaired) electrons. The topological polar surface area (TPSA) is 92.9 Å². The molecule has 7 nitrogen and oxygen atoms in total. The van der Waals surface area contributed by atoms with E-state index in [1.165, 1.54) is 28.2 Å². The van der Waals surface area contributed by atoms with Crippen LogP contribution < -0.4 is 16.6 Å². The first kappa shape index (κ1) is 18.6. The van der Waals surface area contributed by atoms with Crippen molar-refractivity contribution >= 4 is 23.3 Å². The van der Waals surface area contributed by atoms with Crippen LogP contribution in [0.25, 0.3) is 0 Å². The highest BCUT2D eigenvalue weighted by atomic mass is 32.2. The number of benzene rings is 1. The highest BCUT2D eigenvalue weighted by molar-refractivity contribution is 7.98. The first-order valence-electron chi connectivity index (χ1n) is 9.31. The molecule has 2 heterocycles. The van der Waals surface area contributed by atoms with Gasteiger partial charge in [0.2, 0.25) is 0 Å². The van der Waals surface area contributed by atoms with Crippen molar-refractivity contribution in [3.8, 4) is 0 Å². The van der Waals surface area contributed by atoms with Gasteiger partial charge >= 0.3 is 5.69 Å². The summed E-state index contributed by atoms with van der Waals surface area (Å²) in [6.45, 7) is 2.19. The van der Waals surface area contributed by atoms with E-state index in [-0.39, 0.29) is 5.56 Å². The van der Waals surface area contributed by atoms with E-state index >= 15 is 0 Å². The van der Waals surface area contributed by atoms with Crippen molar-refractivity contribution in [2.45, 2.75) is 38.5 Å². The van der Waals surface area contributed by atoms with Crippen LogP contribution in [0.4, 0.5) is 11.5 Å². The smallest absolute Gasteiger partial charge is 0.329 e. The zero-order valence-electron chi connectivity index (χ0n) is 15.7. The Morgan fingerprint density at radius 1 is 1.21 bits per heavy atom. The zero-order chi connectivity index (χ0) is 19.5. The number of aryl methyl sites for hydroxylation is 3. The molecule has 0 spiro atoms. The number of hydrogen-bond donors (Lipinski definition) is 2. The summed E-state index contributed by atoms with van der Waals surface area (Å²) in [5.41, 5.74) is 3.73. The molecule has 0 atom stereocenters.